The van der Waals surface area contributed by atoms with E-state index in [-0.39, 0.29) is 0 Å². The number of rotatable bonds is 6. The van der Waals surface area contributed by atoms with Gasteiger partial charge >= 0.3 is 0 Å². The van der Waals surface area contributed by atoms with E-state index in [9.17, 15) is 0 Å². The molecule has 0 spiro atoms. The number of ether oxygens (including phenoxy) is 1. The summed E-state index contributed by atoms with van der Waals surface area (Å²) in [6.07, 6.45) is 2.56. The molecule has 0 aliphatic carbocycles. The van der Waals surface area contributed by atoms with Crippen molar-refractivity contribution >= 4 is 34.6 Å². The minimum atomic E-state index is 0.573. The highest BCUT2D eigenvalue weighted by atomic mass is 35.5. The van der Waals surface area contributed by atoms with E-state index in [0.717, 1.165) is 42.2 Å². The molecule has 0 atom stereocenters. The van der Waals surface area contributed by atoms with Crippen molar-refractivity contribution in [3.8, 4) is 5.75 Å². The number of methoxy groups -OCH3 is 1. The first-order chi connectivity index (χ1) is 11.0. The van der Waals surface area contributed by atoms with Gasteiger partial charge in [0.1, 0.15) is 5.75 Å². The van der Waals surface area contributed by atoms with Gasteiger partial charge in [0.05, 0.1) is 29.7 Å². The molecule has 124 valence electrons. The molecule has 7 heteroatoms. The lowest BCUT2D eigenvalue weighted by Crippen LogP contribution is -2.30. The van der Waals surface area contributed by atoms with Crippen molar-refractivity contribution in [1.29, 1.82) is 0 Å². The summed E-state index contributed by atoms with van der Waals surface area (Å²) in [6, 6.07) is 5.92. The van der Waals surface area contributed by atoms with Crippen molar-refractivity contribution in [2.75, 3.05) is 19.0 Å². The topological polar surface area (TPSA) is 51.1 Å². The van der Waals surface area contributed by atoms with Gasteiger partial charge in [-0.2, -0.15) is 5.10 Å². The van der Waals surface area contributed by atoms with Crippen LogP contribution in [0.3, 0.4) is 0 Å². The van der Waals surface area contributed by atoms with Gasteiger partial charge in [0.2, 0.25) is 0 Å². The Labute approximate surface area is 147 Å². The molecule has 0 aliphatic heterocycles. The summed E-state index contributed by atoms with van der Waals surface area (Å²) in [5.41, 5.74) is 2.98. The van der Waals surface area contributed by atoms with Gasteiger partial charge in [0.15, 0.2) is 5.11 Å². The van der Waals surface area contributed by atoms with Crippen LogP contribution in [-0.4, -0.2) is 28.5 Å². The van der Waals surface area contributed by atoms with E-state index in [0.29, 0.717) is 10.1 Å². The Hall–Kier alpha value is -1.79. The average Bonchev–Trinajstić information content (AvgIpc) is 2.84. The third kappa shape index (κ3) is 4.84. The number of hydrogen-bond donors (Lipinski definition) is 2. The molecule has 0 amide bonds. The SMILES string of the molecule is COc1ccc(C)cc1NC(=S)NCCCn1ncc(Cl)c1C. The molecule has 2 aromatic rings. The molecule has 0 saturated heterocycles. The predicted molar refractivity (Wildman–Crippen MR) is 98.5 cm³/mol. The Kier molecular flexibility index (Phi) is 6.24. The molecule has 23 heavy (non-hydrogen) atoms. The summed E-state index contributed by atoms with van der Waals surface area (Å²) >= 11 is 11.3. The number of benzene rings is 1. The highest BCUT2D eigenvalue weighted by molar-refractivity contribution is 7.80. The normalized spacial score (nSPS) is 10.4. The van der Waals surface area contributed by atoms with Gasteiger partial charge in [0.25, 0.3) is 0 Å². The highest BCUT2D eigenvalue weighted by Gasteiger charge is 2.06. The van der Waals surface area contributed by atoms with Crippen LogP contribution in [0.5, 0.6) is 5.75 Å². The lowest BCUT2D eigenvalue weighted by atomic mass is 10.2. The fourth-order valence-corrected chi connectivity index (χ4v) is 2.52. The summed E-state index contributed by atoms with van der Waals surface area (Å²) in [4.78, 5) is 0. The molecule has 1 aromatic carbocycles. The van der Waals surface area contributed by atoms with Crippen molar-refractivity contribution in [3.05, 3.63) is 40.7 Å². The average molecular weight is 353 g/mol. The second-order valence-corrected chi connectivity index (χ2v) is 6.05. The van der Waals surface area contributed by atoms with E-state index < -0.39 is 0 Å². The monoisotopic (exact) mass is 352 g/mol. The molecular formula is C16H21ClN4OS. The van der Waals surface area contributed by atoms with Crippen LogP contribution < -0.4 is 15.4 Å². The molecule has 5 nitrogen and oxygen atoms in total. The van der Waals surface area contributed by atoms with Crippen LogP contribution in [-0.2, 0) is 6.54 Å². The molecule has 0 bridgehead atoms. The molecule has 0 fully saturated rings. The Morgan fingerprint density at radius 3 is 2.83 bits per heavy atom. The molecule has 1 aromatic heterocycles. The molecule has 0 unspecified atom stereocenters. The maximum absolute atomic E-state index is 5.98. The summed E-state index contributed by atoms with van der Waals surface area (Å²) in [7, 11) is 1.64. The summed E-state index contributed by atoms with van der Waals surface area (Å²) in [5, 5.41) is 11.9. The van der Waals surface area contributed by atoms with Crippen LogP contribution in [0.4, 0.5) is 5.69 Å². The van der Waals surface area contributed by atoms with Crippen LogP contribution in [0, 0.1) is 13.8 Å². The minimum absolute atomic E-state index is 0.573. The second-order valence-electron chi connectivity index (χ2n) is 5.24. The molecular weight excluding hydrogens is 332 g/mol. The zero-order chi connectivity index (χ0) is 16.8. The molecule has 1 heterocycles. The van der Waals surface area contributed by atoms with Gasteiger partial charge in [-0.05, 0) is 50.2 Å². The first-order valence-electron chi connectivity index (χ1n) is 7.38. The summed E-state index contributed by atoms with van der Waals surface area (Å²) < 4.78 is 7.22. The van der Waals surface area contributed by atoms with Crippen LogP contribution in [0.2, 0.25) is 5.02 Å². The third-order valence-electron chi connectivity index (χ3n) is 3.48. The van der Waals surface area contributed by atoms with Crippen molar-refractivity contribution in [2.24, 2.45) is 0 Å². The highest BCUT2D eigenvalue weighted by Crippen LogP contribution is 2.24. The second kappa shape index (κ2) is 8.17. The summed E-state index contributed by atoms with van der Waals surface area (Å²) in [5.74, 6) is 0.765. The van der Waals surface area contributed by atoms with E-state index in [1.165, 1.54) is 0 Å². The maximum atomic E-state index is 5.98. The first kappa shape index (κ1) is 17.6. The van der Waals surface area contributed by atoms with Gasteiger partial charge in [-0.1, -0.05) is 17.7 Å². The number of hydrogen-bond acceptors (Lipinski definition) is 3. The minimum Gasteiger partial charge on any atom is -0.495 e. The molecule has 0 aliphatic rings. The van der Waals surface area contributed by atoms with Crippen molar-refractivity contribution in [1.82, 2.24) is 15.1 Å². The molecule has 2 rings (SSSR count). The fourth-order valence-electron chi connectivity index (χ4n) is 2.17. The number of halogens is 1. The Morgan fingerprint density at radius 2 is 2.17 bits per heavy atom. The molecule has 0 saturated carbocycles. The quantitative estimate of drug-likeness (QED) is 0.615. The summed E-state index contributed by atoms with van der Waals surface area (Å²) in [6.45, 7) is 5.52. The van der Waals surface area contributed by atoms with E-state index in [1.807, 2.05) is 36.7 Å². The Morgan fingerprint density at radius 1 is 1.39 bits per heavy atom. The predicted octanol–water partition coefficient (Wildman–Crippen LogP) is 3.54. The van der Waals surface area contributed by atoms with Gasteiger partial charge in [0, 0.05) is 13.1 Å². The van der Waals surface area contributed by atoms with Crippen LogP contribution in [0.15, 0.2) is 24.4 Å². The number of thiocarbonyl (C=S) groups is 1. The van der Waals surface area contributed by atoms with Crippen LogP contribution in [0.25, 0.3) is 0 Å². The smallest absolute Gasteiger partial charge is 0.170 e. The largest absolute Gasteiger partial charge is 0.495 e. The van der Waals surface area contributed by atoms with Gasteiger partial charge in [-0.25, -0.2) is 0 Å². The fraction of sp³-hybridized carbons (Fsp3) is 0.375. The number of anilines is 1. The number of aryl methyl sites for hydroxylation is 2. The Bertz CT molecular complexity index is 687. The van der Waals surface area contributed by atoms with E-state index in [2.05, 4.69) is 15.7 Å². The lowest BCUT2D eigenvalue weighted by Gasteiger charge is -2.14. The number of nitrogens with one attached hydrogen (secondary N) is 2. The van der Waals surface area contributed by atoms with Gasteiger partial charge in [-0.15, -0.1) is 0 Å². The van der Waals surface area contributed by atoms with Crippen LogP contribution in [0.1, 0.15) is 17.7 Å². The van der Waals surface area contributed by atoms with E-state index >= 15 is 0 Å². The van der Waals surface area contributed by atoms with E-state index in [1.54, 1.807) is 13.3 Å². The van der Waals surface area contributed by atoms with Crippen molar-refractivity contribution in [2.45, 2.75) is 26.8 Å². The van der Waals surface area contributed by atoms with E-state index in [4.69, 9.17) is 28.6 Å². The maximum Gasteiger partial charge on any atom is 0.170 e. The number of aromatic nitrogens is 2. The molecule has 2 N–H and O–H groups in total. The number of nitrogens with zero attached hydrogens (tertiary/aromatic N) is 2. The molecule has 0 radical (unpaired) electrons. The first-order valence-corrected chi connectivity index (χ1v) is 8.17. The van der Waals surface area contributed by atoms with Crippen molar-refractivity contribution in [3.63, 3.8) is 0 Å². The zero-order valence-electron chi connectivity index (χ0n) is 13.5. The standard InChI is InChI=1S/C16H21ClN4OS/c1-11-5-6-15(22-3)14(9-11)20-16(23)18-7-4-8-21-12(2)13(17)10-19-21/h5-6,9-10H,4,7-8H2,1-3H3,(H2,18,20,23). The van der Waals surface area contributed by atoms with Crippen molar-refractivity contribution < 1.29 is 4.74 Å². The van der Waals surface area contributed by atoms with Gasteiger partial charge < -0.3 is 15.4 Å². The lowest BCUT2D eigenvalue weighted by molar-refractivity contribution is 0.417. The zero-order valence-corrected chi connectivity index (χ0v) is 15.1. The Balaban J connectivity index is 1.79. The van der Waals surface area contributed by atoms with Gasteiger partial charge in [-0.3, -0.25) is 4.68 Å². The van der Waals surface area contributed by atoms with Crippen LogP contribution >= 0.6 is 23.8 Å². The third-order valence-corrected chi connectivity index (χ3v) is 4.10.